The van der Waals surface area contributed by atoms with E-state index in [1.54, 1.807) is 0 Å². The van der Waals surface area contributed by atoms with E-state index in [9.17, 15) is 0 Å². The minimum absolute atomic E-state index is 0. The van der Waals surface area contributed by atoms with Crippen LogP contribution in [0.4, 0.5) is 0 Å². The fourth-order valence-electron chi connectivity index (χ4n) is 0. The van der Waals surface area contributed by atoms with Crippen LogP contribution in [0.3, 0.4) is 0 Å². The molecule has 0 aliphatic heterocycles. The van der Waals surface area contributed by atoms with E-state index in [4.69, 9.17) is 0 Å². The first kappa shape index (κ1) is 168. The van der Waals surface area contributed by atoms with E-state index in [1.807, 2.05) is 0 Å². The Morgan fingerprint density at radius 3 is 0.500 bits per heavy atom. The zero-order valence-corrected chi connectivity index (χ0v) is 3.29. The Morgan fingerprint density at radius 1 is 0.500 bits per heavy atom. The summed E-state index contributed by atoms with van der Waals surface area (Å²) in [6.45, 7) is 0. The van der Waals surface area contributed by atoms with Crippen LogP contribution in [0.1, 0.15) is 0 Å². The van der Waals surface area contributed by atoms with E-state index in [-0.39, 0.29) is 38.1 Å². The molecule has 0 fully saturated rings. The van der Waals surface area contributed by atoms with Crippen molar-refractivity contribution in [2.75, 3.05) is 0 Å². The van der Waals surface area contributed by atoms with Gasteiger partial charge >= 0.3 is 0 Å². The first-order chi connectivity index (χ1) is 0. The average molecular weight is 95.9 g/mol. The molecule has 0 rings (SSSR count). The fourth-order valence-corrected chi connectivity index (χ4v) is 0. The summed E-state index contributed by atoms with van der Waals surface area (Å²) in [6, 6.07) is 0. The van der Waals surface area contributed by atoms with Gasteiger partial charge in [0.2, 0.25) is 0 Å². The molecule has 0 heterocycles. The number of hydrogen-bond donors (Lipinski definition) is 0. The predicted octanol–water partition coefficient (Wildman–Crippen LogP) is -0.359. The van der Waals surface area contributed by atoms with Gasteiger partial charge in [-0.2, -0.15) is 0 Å². The second kappa shape index (κ2) is 68.5. The standard InChI is InChI=1S/3O.Ti/q3*-2;. The molecule has 0 aliphatic carbocycles. The van der Waals surface area contributed by atoms with Crippen molar-refractivity contribution in [2.45, 2.75) is 0 Å². The summed E-state index contributed by atoms with van der Waals surface area (Å²) >= 11 is 0. The van der Waals surface area contributed by atoms with E-state index in [1.165, 1.54) is 0 Å². The van der Waals surface area contributed by atoms with E-state index in [0.717, 1.165) is 0 Å². The topological polar surface area (TPSA) is 85.5 Å². The Labute approximate surface area is 38.8 Å². The molecule has 4 heavy (non-hydrogen) atoms. The summed E-state index contributed by atoms with van der Waals surface area (Å²) in [4.78, 5) is 0. The molecule has 4 heteroatoms. The molecule has 0 aromatic heterocycles. The van der Waals surface area contributed by atoms with Crippen molar-refractivity contribution < 1.29 is 38.1 Å². The quantitative estimate of drug-likeness (QED) is 0.368. The summed E-state index contributed by atoms with van der Waals surface area (Å²) in [7, 11) is 0. The molecule has 0 saturated carbocycles. The molecule has 3 nitrogen and oxygen atoms in total. The molecule has 0 aliphatic rings. The first-order valence-corrected chi connectivity index (χ1v) is 0. The summed E-state index contributed by atoms with van der Waals surface area (Å²) in [6.07, 6.45) is 0. The molecule has 0 aromatic rings. The van der Waals surface area contributed by atoms with Crippen LogP contribution in [0, 0.1) is 0 Å². The molecule has 0 atom stereocenters. The van der Waals surface area contributed by atoms with Gasteiger partial charge in [-0.1, -0.05) is 0 Å². The third-order valence-electron chi connectivity index (χ3n) is 0. The van der Waals surface area contributed by atoms with E-state index < -0.39 is 0 Å². The van der Waals surface area contributed by atoms with Crippen LogP contribution in [0.15, 0.2) is 0 Å². The van der Waals surface area contributed by atoms with Crippen LogP contribution in [-0.4, -0.2) is 0 Å². The minimum Gasteiger partial charge on any atom is -2.00 e. The smallest absolute Gasteiger partial charge is 0 e. The van der Waals surface area contributed by atoms with Gasteiger partial charge in [0.05, 0.1) is 0 Å². The molecular weight excluding hydrogens is 95.9 g/mol. The number of rotatable bonds is 0. The molecule has 0 aromatic carbocycles. The molecule has 0 saturated heterocycles. The Morgan fingerprint density at radius 2 is 0.500 bits per heavy atom. The molecule has 28 valence electrons. The Bertz CT molecular complexity index is 3.25. The first-order valence-electron chi connectivity index (χ1n) is 0. The van der Waals surface area contributed by atoms with E-state index >= 15 is 0 Å². The summed E-state index contributed by atoms with van der Waals surface area (Å²) in [5.74, 6) is 0. The molecule has 0 radical (unpaired) electrons. The summed E-state index contributed by atoms with van der Waals surface area (Å²) in [5, 5.41) is 0. The molecule has 0 bridgehead atoms. The molecular formula is O3Ti-6. The van der Waals surface area contributed by atoms with Crippen molar-refractivity contribution in [1.29, 1.82) is 0 Å². The van der Waals surface area contributed by atoms with Gasteiger partial charge in [0, 0.05) is 21.7 Å². The van der Waals surface area contributed by atoms with Crippen LogP contribution >= 0.6 is 0 Å². The van der Waals surface area contributed by atoms with E-state index in [0.29, 0.717) is 0 Å². The maximum atomic E-state index is 0. The Hall–Kier alpha value is 0.594. The van der Waals surface area contributed by atoms with Crippen LogP contribution in [0.25, 0.3) is 0 Å². The van der Waals surface area contributed by atoms with Gasteiger partial charge in [0.15, 0.2) is 0 Å². The van der Waals surface area contributed by atoms with Crippen molar-refractivity contribution in [1.82, 2.24) is 0 Å². The van der Waals surface area contributed by atoms with Gasteiger partial charge in [-0.3, -0.25) is 0 Å². The zero-order chi connectivity index (χ0) is 0. The minimum atomic E-state index is 0. The van der Waals surface area contributed by atoms with Crippen molar-refractivity contribution >= 4 is 0 Å². The second-order valence-corrected chi connectivity index (χ2v) is 0. The third-order valence-corrected chi connectivity index (χ3v) is 0. The maximum Gasteiger partial charge on any atom is 0 e. The SMILES string of the molecule is [O-2].[O-2].[O-2].[Ti]. The monoisotopic (exact) mass is 95.9 g/mol. The van der Waals surface area contributed by atoms with Crippen molar-refractivity contribution in [3.8, 4) is 0 Å². The normalized spacial score (nSPS) is 0. The third kappa shape index (κ3) is 18.7. The molecule has 0 unspecified atom stereocenters. The largest absolute Gasteiger partial charge is 2.00 e. The van der Waals surface area contributed by atoms with Crippen LogP contribution in [-0.2, 0) is 38.1 Å². The van der Waals surface area contributed by atoms with Crippen LogP contribution in [0.2, 0.25) is 0 Å². The van der Waals surface area contributed by atoms with Gasteiger partial charge in [0.1, 0.15) is 0 Å². The molecule has 0 spiro atoms. The Balaban J connectivity index is 0. The summed E-state index contributed by atoms with van der Waals surface area (Å²) < 4.78 is 0. The van der Waals surface area contributed by atoms with Crippen LogP contribution < -0.4 is 0 Å². The fraction of sp³-hybridized carbons (Fsp3) is 0. The van der Waals surface area contributed by atoms with Crippen molar-refractivity contribution in [3.05, 3.63) is 0 Å². The van der Waals surface area contributed by atoms with Gasteiger partial charge < -0.3 is 16.4 Å². The van der Waals surface area contributed by atoms with Gasteiger partial charge in [-0.25, -0.2) is 0 Å². The molecule has 0 N–H and O–H groups in total. The van der Waals surface area contributed by atoms with Gasteiger partial charge in [0.25, 0.3) is 0 Å². The van der Waals surface area contributed by atoms with Crippen LogP contribution in [0.5, 0.6) is 0 Å². The maximum absolute atomic E-state index is 0. The predicted molar refractivity (Wildman–Crippen MR) is 2.06 cm³/mol. The second-order valence-electron chi connectivity index (χ2n) is 0. The average Bonchev–Trinajstić information content (AvgIpc) is 0. The van der Waals surface area contributed by atoms with Gasteiger partial charge in [-0.05, 0) is 0 Å². The molecule has 0 amide bonds. The van der Waals surface area contributed by atoms with Crippen molar-refractivity contribution in [2.24, 2.45) is 0 Å². The van der Waals surface area contributed by atoms with Gasteiger partial charge in [-0.15, -0.1) is 0 Å². The Kier molecular flexibility index (Phi) is 2880. The van der Waals surface area contributed by atoms with Crippen molar-refractivity contribution in [3.63, 3.8) is 0 Å². The summed E-state index contributed by atoms with van der Waals surface area (Å²) in [5.41, 5.74) is 0. The van der Waals surface area contributed by atoms with E-state index in [2.05, 4.69) is 0 Å². The number of hydrogen-bond acceptors (Lipinski definition) is 0. The zero-order valence-electron chi connectivity index (χ0n) is 1.72.